The predicted octanol–water partition coefficient (Wildman–Crippen LogP) is 3.47. The molecule has 2 aromatic heterocycles. The number of aromatic nitrogens is 2. The quantitative estimate of drug-likeness (QED) is 0.571. The first-order valence-electron chi connectivity index (χ1n) is 12.8. The van der Waals surface area contributed by atoms with Gasteiger partial charge in [-0.05, 0) is 68.4 Å². The molecule has 3 N–H and O–H groups in total. The number of hydrogen-bond donors (Lipinski definition) is 2. The molecule has 3 heterocycles. The summed E-state index contributed by atoms with van der Waals surface area (Å²) in [5, 5.41) is 3.09. The molecule has 2 aromatic rings. The van der Waals surface area contributed by atoms with E-state index in [0.717, 1.165) is 48.3 Å². The van der Waals surface area contributed by atoms with Gasteiger partial charge in [0.2, 0.25) is 5.91 Å². The molecule has 9 heteroatoms. The number of nitrogens with zero attached hydrogens (tertiary/aromatic N) is 4. The van der Waals surface area contributed by atoms with Gasteiger partial charge in [0.05, 0.1) is 5.92 Å². The third kappa shape index (κ3) is 5.34. The van der Waals surface area contributed by atoms with Gasteiger partial charge in [-0.2, -0.15) is 0 Å². The van der Waals surface area contributed by atoms with Crippen molar-refractivity contribution in [1.82, 2.24) is 20.2 Å². The Morgan fingerprint density at radius 3 is 2.53 bits per heavy atom. The van der Waals surface area contributed by atoms with Crippen LogP contribution in [-0.2, 0) is 16.0 Å². The summed E-state index contributed by atoms with van der Waals surface area (Å²) in [7, 11) is 1.65. The molecule has 36 heavy (non-hydrogen) atoms. The zero-order valence-electron chi connectivity index (χ0n) is 21.3. The minimum atomic E-state index is -0.908. The molecule has 1 saturated carbocycles. The lowest BCUT2D eigenvalue weighted by Crippen LogP contribution is -2.71. The number of rotatable bonds is 7. The van der Waals surface area contributed by atoms with Gasteiger partial charge in [0.1, 0.15) is 11.9 Å². The number of imide groups is 1. The normalized spacial score (nSPS) is 21.0. The zero-order valence-corrected chi connectivity index (χ0v) is 21.3. The van der Waals surface area contributed by atoms with Gasteiger partial charge in [-0.3, -0.25) is 19.5 Å². The molecule has 4 rings (SSSR count). The summed E-state index contributed by atoms with van der Waals surface area (Å²) < 4.78 is 0. The van der Waals surface area contributed by atoms with E-state index in [0.29, 0.717) is 23.8 Å². The van der Waals surface area contributed by atoms with E-state index < -0.39 is 18.0 Å². The van der Waals surface area contributed by atoms with Crippen molar-refractivity contribution in [3.8, 4) is 0 Å². The van der Waals surface area contributed by atoms with Gasteiger partial charge in [0.25, 0.3) is 5.91 Å². The number of nitrogens with one attached hydrogen (secondary N) is 1. The number of hydrogen-bond acceptors (Lipinski definition) is 6. The first kappa shape index (κ1) is 25.6. The van der Waals surface area contributed by atoms with Crippen LogP contribution >= 0.6 is 0 Å². The number of β-lactam (4-membered cyclic amide) rings is 1. The molecule has 0 unspecified atom stereocenters. The largest absolute Gasteiger partial charge is 0.384 e. The first-order valence-corrected chi connectivity index (χ1v) is 12.8. The van der Waals surface area contributed by atoms with E-state index in [1.165, 1.54) is 11.3 Å². The fourth-order valence-electron chi connectivity index (χ4n) is 5.61. The Morgan fingerprint density at radius 2 is 1.89 bits per heavy atom. The number of aryl methyl sites for hydroxylation is 1. The molecule has 4 amide bonds. The van der Waals surface area contributed by atoms with E-state index in [4.69, 9.17) is 5.73 Å². The number of nitrogen functional groups attached to an aromatic ring is 1. The average molecular weight is 493 g/mol. The molecule has 0 radical (unpaired) electrons. The Kier molecular flexibility index (Phi) is 7.86. The van der Waals surface area contributed by atoms with Crippen molar-refractivity contribution < 1.29 is 14.4 Å². The lowest BCUT2D eigenvalue weighted by atomic mass is 9.81. The number of likely N-dealkylation sites (N-methyl/N-ethyl adjacent to an activating group) is 1. The second kappa shape index (κ2) is 11.1. The van der Waals surface area contributed by atoms with Crippen molar-refractivity contribution in [1.29, 1.82) is 0 Å². The average Bonchev–Trinajstić information content (AvgIpc) is 2.88. The van der Waals surface area contributed by atoms with E-state index in [1.54, 1.807) is 37.6 Å². The third-order valence-corrected chi connectivity index (χ3v) is 7.52. The molecule has 3 atom stereocenters. The summed E-state index contributed by atoms with van der Waals surface area (Å²) in [6.07, 6.45) is 9.99. The van der Waals surface area contributed by atoms with Gasteiger partial charge in [-0.15, -0.1) is 0 Å². The topological polar surface area (TPSA) is 122 Å². The van der Waals surface area contributed by atoms with E-state index in [2.05, 4.69) is 22.2 Å². The van der Waals surface area contributed by atoms with Crippen molar-refractivity contribution >= 4 is 29.4 Å². The summed E-state index contributed by atoms with van der Waals surface area (Å²) in [5.41, 5.74) is 8.11. The highest BCUT2D eigenvalue weighted by molar-refractivity contribution is 6.12. The Hall–Kier alpha value is -3.49. The standard InChI is InChI=1S/C27H36N6O3/c1-4-22(19-8-6-5-7-9-19)31-27(36)33-24(26(35)32(3)20-10-12-29-13-11-20)21(25(33)34)15-18-14-17(2)30-23(28)16-18/h10-14,16,19,21-22,24H,4-9,15H2,1-3H3,(H2,28,30)(H,31,36)/t21-,22-,24+/m1/s1. The number of carbonyl (C=O) groups is 3. The van der Waals surface area contributed by atoms with Crippen LogP contribution in [0.4, 0.5) is 16.3 Å². The van der Waals surface area contributed by atoms with E-state index >= 15 is 0 Å². The van der Waals surface area contributed by atoms with Crippen molar-refractivity contribution in [2.75, 3.05) is 17.7 Å². The second-order valence-electron chi connectivity index (χ2n) is 9.97. The van der Waals surface area contributed by atoms with Crippen molar-refractivity contribution in [3.05, 3.63) is 47.9 Å². The van der Waals surface area contributed by atoms with Crippen LogP contribution in [0.15, 0.2) is 36.7 Å². The van der Waals surface area contributed by atoms with E-state index in [1.807, 2.05) is 13.0 Å². The van der Waals surface area contributed by atoms with Crippen LogP contribution in [-0.4, -0.2) is 51.8 Å². The van der Waals surface area contributed by atoms with Gasteiger partial charge in [-0.1, -0.05) is 26.2 Å². The maximum Gasteiger partial charge on any atom is 0.325 e. The zero-order chi connectivity index (χ0) is 25.8. The van der Waals surface area contributed by atoms with Crippen molar-refractivity contribution in [2.24, 2.45) is 11.8 Å². The van der Waals surface area contributed by atoms with Crippen molar-refractivity contribution in [3.63, 3.8) is 0 Å². The summed E-state index contributed by atoms with van der Waals surface area (Å²) in [4.78, 5) is 51.2. The summed E-state index contributed by atoms with van der Waals surface area (Å²) in [6.45, 7) is 3.88. The number of nitrogens with two attached hydrogens (primary N) is 1. The molecule has 9 nitrogen and oxygen atoms in total. The van der Waals surface area contributed by atoms with Gasteiger partial charge < -0.3 is 16.0 Å². The summed E-state index contributed by atoms with van der Waals surface area (Å²) >= 11 is 0. The SMILES string of the molecule is CC[C@@H](NC(=O)N1C(=O)[C@H](Cc2cc(C)nc(N)c2)[C@H]1C(=O)N(C)c1ccncc1)C1CCCCC1. The molecule has 2 aliphatic rings. The fraction of sp³-hybridized carbons (Fsp3) is 0.519. The Labute approximate surface area is 212 Å². The third-order valence-electron chi connectivity index (χ3n) is 7.52. The lowest BCUT2D eigenvalue weighted by molar-refractivity contribution is -0.156. The van der Waals surface area contributed by atoms with Crippen LogP contribution in [0.25, 0.3) is 0 Å². The fourth-order valence-corrected chi connectivity index (χ4v) is 5.61. The number of anilines is 2. The number of likely N-dealkylation sites (tertiary alicyclic amines) is 1. The number of urea groups is 1. The highest BCUT2D eigenvalue weighted by atomic mass is 16.2. The Bertz CT molecular complexity index is 1080. The molecule has 1 saturated heterocycles. The van der Waals surface area contributed by atoms with Crippen LogP contribution in [0, 0.1) is 18.8 Å². The summed E-state index contributed by atoms with van der Waals surface area (Å²) in [6, 6.07) is 5.61. The number of amides is 4. The highest BCUT2D eigenvalue weighted by Gasteiger charge is 2.55. The Balaban J connectivity index is 1.57. The molecular formula is C27H36N6O3. The van der Waals surface area contributed by atoms with Crippen LogP contribution < -0.4 is 16.0 Å². The monoisotopic (exact) mass is 492 g/mol. The molecule has 1 aliphatic carbocycles. The number of pyridine rings is 2. The molecule has 0 aromatic carbocycles. The Morgan fingerprint density at radius 1 is 1.19 bits per heavy atom. The van der Waals surface area contributed by atoms with Gasteiger partial charge in [-0.25, -0.2) is 9.78 Å². The first-order chi connectivity index (χ1) is 17.3. The van der Waals surface area contributed by atoms with E-state index in [-0.39, 0.29) is 17.9 Å². The maximum absolute atomic E-state index is 13.7. The van der Waals surface area contributed by atoms with Crippen LogP contribution in [0.2, 0.25) is 0 Å². The molecule has 2 fully saturated rings. The molecule has 192 valence electrons. The molecule has 0 bridgehead atoms. The molecule has 0 spiro atoms. The molecule has 1 aliphatic heterocycles. The second-order valence-corrected chi connectivity index (χ2v) is 9.97. The van der Waals surface area contributed by atoms with Crippen LogP contribution in [0.1, 0.15) is 56.7 Å². The van der Waals surface area contributed by atoms with Gasteiger partial charge >= 0.3 is 6.03 Å². The number of carbonyl (C=O) groups excluding carboxylic acids is 3. The van der Waals surface area contributed by atoms with E-state index in [9.17, 15) is 14.4 Å². The smallest absolute Gasteiger partial charge is 0.325 e. The van der Waals surface area contributed by atoms with Gasteiger partial charge in [0.15, 0.2) is 0 Å². The predicted molar refractivity (Wildman–Crippen MR) is 138 cm³/mol. The van der Waals surface area contributed by atoms with Crippen LogP contribution in [0.3, 0.4) is 0 Å². The minimum Gasteiger partial charge on any atom is -0.384 e. The van der Waals surface area contributed by atoms with Crippen LogP contribution in [0.5, 0.6) is 0 Å². The summed E-state index contributed by atoms with van der Waals surface area (Å²) in [5.74, 6) is -0.563. The van der Waals surface area contributed by atoms with Gasteiger partial charge in [0, 0.05) is 36.9 Å². The minimum absolute atomic E-state index is 0.0130. The highest BCUT2D eigenvalue weighted by Crippen LogP contribution is 2.34. The maximum atomic E-state index is 13.7. The molecular weight excluding hydrogens is 456 g/mol. The lowest BCUT2D eigenvalue weighted by Gasteiger charge is -2.46. The van der Waals surface area contributed by atoms with Crippen molar-refractivity contribution in [2.45, 2.75) is 70.9 Å².